The predicted molar refractivity (Wildman–Crippen MR) is 121 cm³/mol. The standard InChI is InChI=1S/C23H26N4O5/c1-11-21(29)15(10-24-12-4-6-13(7-5-12)27(2)3)18-20(22(11)30)26-17-14(23(31)32)8-9-16(28)19(17)25-18/h8-10,12-13,28-30H,4-7H2,1-3H3,(H,31,32)/b24-10+. The Kier molecular flexibility index (Phi) is 5.60. The smallest absolute Gasteiger partial charge is 0.337 e. The van der Waals surface area contributed by atoms with E-state index in [2.05, 4.69) is 34.0 Å². The first-order valence-corrected chi connectivity index (χ1v) is 10.5. The van der Waals surface area contributed by atoms with Crippen molar-refractivity contribution in [3.8, 4) is 17.2 Å². The third-order valence-electron chi connectivity index (χ3n) is 6.29. The van der Waals surface area contributed by atoms with E-state index < -0.39 is 5.97 Å². The van der Waals surface area contributed by atoms with E-state index in [4.69, 9.17) is 0 Å². The SMILES string of the molecule is Cc1c(O)c(/C=N/C2CCC(N(C)C)CC2)c2nc3c(O)ccc(C(=O)O)c3nc2c1O. The summed E-state index contributed by atoms with van der Waals surface area (Å²) in [6, 6.07) is 3.11. The van der Waals surface area contributed by atoms with Crippen LogP contribution >= 0.6 is 0 Å². The number of aromatic carboxylic acids is 1. The normalized spacial score (nSPS) is 19.4. The van der Waals surface area contributed by atoms with E-state index in [9.17, 15) is 25.2 Å². The average Bonchev–Trinajstić information content (AvgIpc) is 2.77. The zero-order valence-electron chi connectivity index (χ0n) is 18.2. The summed E-state index contributed by atoms with van der Waals surface area (Å²) in [4.78, 5) is 27.2. The second kappa shape index (κ2) is 8.23. The number of hydrogen-bond acceptors (Lipinski definition) is 8. The summed E-state index contributed by atoms with van der Waals surface area (Å²) in [7, 11) is 4.15. The molecule has 0 amide bonds. The molecule has 9 heteroatoms. The molecule has 32 heavy (non-hydrogen) atoms. The summed E-state index contributed by atoms with van der Waals surface area (Å²) >= 11 is 0. The van der Waals surface area contributed by atoms with Crippen molar-refractivity contribution in [1.82, 2.24) is 14.9 Å². The Morgan fingerprint density at radius 3 is 2.28 bits per heavy atom. The highest BCUT2D eigenvalue weighted by Crippen LogP contribution is 2.39. The van der Waals surface area contributed by atoms with E-state index in [-0.39, 0.29) is 62.0 Å². The highest BCUT2D eigenvalue weighted by Gasteiger charge is 2.24. The molecule has 1 heterocycles. The lowest BCUT2D eigenvalue weighted by atomic mass is 9.91. The summed E-state index contributed by atoms with van der Waals surface area (Å²) in [6.45, 7) is 1.54. The summed E-state index contributed by atoms with van der Waals surface area (Å²) in [5.74, 6) is -1.95. The largest absolute Gasteiger partial charge is 0.507 e. The van der Waals surface area contributed by atoms with Gasteiger partial charge in [-0.15, -0.1) is 0 Å². The van der Waals surface area contributed by atoms with Gasteiger partial charge in [-0.25, -0.2) is 14.8 Å². The van der Waals surface area contributed by atoms with E-state index in [1.807, 2.05) is 0 Å². The minimum absolute atomic E-state index is 0.0267. The number of aromatic hydroxyl groups is 3. The lowest BCUT2D eigenvalue weighted by molar-refractivity contribution is 0.0699. The molecule has 0 bridgehead atoms. The number of phenols is 3. The van der Waals surface area contributed by atoms with Crippen LogP contribution in [0.3, 0.4) is 0 Å². The van der Waals surface area contributed by atoms with Crippen molar-refractivity contribution < 1.29 is 25.2 Å². The van der Waals surface area contributed by atoms with E-state index in [1.165, 1.54) is 19.1 Å². The Balaban J connectivity index is 1.85. The number of benzene rings is 2. The van der Waals surface area contributed by atoms with Crippen molar-refractivity contribution in [3.05, 3.63) is 28.8 Å². The summed E-state index contributed by atoms with van der Waals surface area (Å²) in [6.07, 6.45) is 5.46. The molecule has 1 aliphatic carbocycles. The Morgan fingerprint density at radius 2 is 1.66 bits per heavy atom. The molecule has 2 aromatic carbocycles. The Hall–Kier alpha value is -3.46. The summed E-state index contributed by atoms with van der Waals surface area (Å²) in [5.41, 5.74) is 0.433. The lowest BCUT2D eigenvalue weighted by Crippen LogP contribution is -2.33. The van der Waals surface area contributed by atoms with Crippen molar-refractivity contribution >= 4 is 34.3 Å². The second-order valence-electron chi connectivity index (χ2n) is 8.50. The van der Waals surface area contributed by atoms with Crippen LogP contribution in [0.2, 0.25) is 0 Å². The van der Waals surface area contributed by atoms with Crippen LogP contribution in [0.5, 0.6) is 17.2 Å². The molecule has 0 aliphatic heterocycles. The number of aromatic nitrogens is 2. The molecule has 168 valence electrons. The first-order chi connectivity index (χ1) is 15.2. The van der Waals surface area contributed by atoms with Gasteiger partial charge in [0.05, 0.1) is 17.2 Å². The van der Waals surface area contributed by atoms with E-state index >= 15 is 0 Å². The average molecular weight is 438 g/mol. The van der Waals surface area contributed by atoms with Gasteiger partial charge in [-0.2, -0.15) is 0 Å². The molecule has 1 aromatic heterocycles. The maximum atomic E-state index is 11.6. The van der Waals surface area contributed by atoms with Gasteiger partial charge in [-0.1, -0.05) is 0 Å². The monoisotopic (exact) mass is 438 g/mol. The van der Waals surface area contributed by atoms with Crippen molar-refractivity contribution in [2.75, 3.05) is 14.1 Å². The number of carboxylic acid groups (broad SMARTS) is 1. The molecule has 1 aliphatic rings. The number of nitrogens with zero attached hydrogens (tertiary/aromatic N) is 4. The van der Waals surface area contributed by atoms with Gasteiger partial charge >= 0.3 is 5.97 Å². The number of carboxylic acids is 1. The van der Waals surface area contributed by atoms with Gasteiger partial charge in [-0.05, 0) is 58.8 Å². The maximum absolute atomic E-state index is 11.6. The van der Waals surface area contributed by atoms with Crippen LogP contribution in [-0.2, 0) is 0 Å². The van der Waals surface area contributed by atoms with Crippen LogP contribution in [0, 0.1) is 6.92 Å². The predicted octanol–water partition coefficient (Wildman–Crippen LogP) is 3.20. The molecule has 3 aromatic rings. The van der Waals surface area contributed by atoms with Gasteiger partial charge in [0.1, 0.15) is 39.3 Å². The van der Waals surface area contributed by atoms with Gasteiger partial charge in [0.25, 0.3) is 0 Å². The van der Waals surface area contributed by atoms with Crippen LogP contribution < -0.4 is 0 Å². The van der Waals surface area contributed by atoms with Gasteiger partial charge in [0.2, 0.25) is 0 Å². The maximum Gasteiger partial charge on any atom is 0.337 e. The van der Waals surface area contributed by atoms with E-state index in [0.717, 1.165) is 25.7 Å². The zero-order chi connectivity index (χ0) is 23.2. The van der Waals surface area contributed by atoms with Crippen LogP contribution in [-0.4, -0.2) is 73.7 Å². The number of carbonyl (C=O) groups is 1. The van der Waals surface area contributed by atoms with Gasteiger partial charge in [0, 0.05) is 17.8 Å². The van der Waals surface area contributed by atoms with Crippen LogP contribution in [0.4, 0.5) is 0 Å². The molecule has 4 rings (SSSR count). The molecule has 0 radical (unpaired) electrons. The molecule has 0 unspecified atom stereocenters. The Labute approximate surface area is 184 Å². The molecular formula is C23H26N4O5. The molecule has 0 atom stereocenters. The van der Waals surface area contributed by atoms with Crippen molar-refractivity contribution in [1.29, 1.82) is 0 Å². The molecule has 0 saturated heterocycles. The third kappa shape index (κ3) is 3.69. The fraction of sp³-hybridized carbons (Fsp3) is 0.391. The third-order valence-corrected chi connectivity index (χ3v) is 6.29. The van der Waals surface area contributed by atoms with Crippen molar-refractivity contribution in [2.45, 2.75) is 44.7 Å². The second-order valence-corrected chi connectivity index (χ2v) is 8.50. The Morgan fingerprint density at radius 1 is 1.00 bits per heavy atom. The van der Waals surface area contributed by atoms with E-state index in [1.54, 1.807) is 6.21 Å². The fourth-order valence-corrected chi connectivity index (χ4v) is 4.28. The van der Waals surface area contributed by atoms with Crippen molar-refractivity contribution in [2.24, 2.45) is 4.99 Å². The number of hydrogen-bond donors (Lipinski definition) is 4. The van der Waals surface area contributed by atoms with Crippen molar-refractivity contribution in [3.63, 3.8) is 0 Å². The quantitative estimate of drug-likeness (QED) is 0.360. The van der Waals surface area contributed by atoms with Crippen LogP contribution in [0.25, 0.3) is 22.1 Å². The highest BCUT2D eigenvalue weighted by atomic mass is 16.4. The first-order valence-electron chi connectivity index (χ1n) is 10.5. The molecule has 9 nitrogen and oxygen atoms in total. The molecule has 4 N–H and O–H groups in total. The number of phenolic OH excluding ortho intramolecular Hbond substituents is 3. The topological polar surface area (TPSA) is 139 Å². The molecule has 1 saturated carbocycles. The number of aliphatic imine (C=N–C) groups is 1. The minimum atomic E-state index is -1.23. The summed E-state index contributed by atoms with van der Waals surface area (Å²) in [5, 5.41) is 41.1. The highest BCUT2D eigenvalue weighted by molar-refractivity contribution is 6.08. The fourth-order valence-electron chi connectivity index (χ4n) is 4.28. The van der Waals surface area contributed by atoms with E-state index in [0.29, 0.717) is 6.04 Å². The molecular weight excluding hydrogens is 412 g/mol. The van der Waals surface area contributed by atoms with Gasteiger partial charge in [-0.3, -0.25) is 4.99 Å². The van der Waals surface area contributed by atoms with Gasteiger partial charge in [0.15, 0.2) is 0 Å². The minimum Gasteiger partial charge on any atom is -0.507 e. The number of fused-ring (bicyclic) bond motifs is 2. The van der Waals surface area contributed by atoms with Crippen LogP contribution in [0.1, 0.15) is 47.2 Å². The zero-order valence-corrected chi connectivity index (χ0v) is 18.2. The summed E-state index contributed by atoms with van der Waals surface area (Å²) < 4.78 is 0. The first kappa shape index (κ1) is 21.8. The molecule has 1 fully saturated rings. The van der Waals surface area contributed by atoms with Crippen LogP contribution in [0.15, 0.2) is 17.1 Å². The Bertz CT molecular complexity index is 1250. The molecule has 0 spiro atoms. The van der Waals surface area contributed by atoms with Gasteiger partial charge < -0.3 is 25.3 Å². The number of rotatable bonds is 4. The lowest BCUT2D eigenvalue weighted by Gasteiger charge is -2.31.